The molecule has 5 nitrogen and oxygen atoms in total. The van der Waals surface area contributed by atoms with Gasteiger partial charge in [-0.1, -0.05) is 37.1 Å². The molecule has 1 aromatic rings. The third-order valence-electron chi connectivity index (χ3n) is 6.02. The Labute approximate surface area is 137 Å². The van der Waals surface area contributed by atoms with E-state index in [0.717, 1.165) is 12.0 Å². The monoisotopic (exact) mass is 339 g/mol. The van der Waals surface area contributed by atoms with Gasteiger partial charge in [-0.3, -0.25) is 0 Å². The number of hydrogen-bond acceptors (Lipinski definition) is 2. The first-order valence-electron chi connectivity index (χ1n) is 8.38. The Kier molecular flexibility index (Phi) is 4.69. The molecule has 6 heteroatoms. The van der Waals surface area contributed by atoms with Gasteiger partial charge in [0.25, 0.3) is 0 Å². The van der Waals surface area contributed by atoms with Crippen molar-refractivity contribution in [1.29, 1.82) is 0 Å². The van der Waals surface area contributed by atoms with Crippen LogP contribution in [0.4, 0.5) is 0 Å². The molecule has 1 heterocycles. The maximum Gasteiger partial charge on any atom is 0.466 e. The molecular weight excluding hydrogens is 313 g/mol. The molecule has 4 rings (SSSR count). The van der Waals surface area contributed by atoms with Gasteiger partial charge in [-0.05, 0) is 56.3 Å². The number of likely N-dealkylation sites (tertiary alicyclic amines) is 1. The summed E-state index contributed by atoms with van der Waals surface area (Å²) in [4.78, 5) is 24.2. The summed E-state index contributed by atoms with van der Waals surface area (Å²) in [5, 5.41) is 0. The summed E-state index contributed by atoms with van der Waals surface area (Å²) in [6.07, 6.45) is 8.49. The molecule has 128 valence electrons. The highest BCUT2D eigenvalue weighted by molar-refractivity contribution is 7.45. The van der Waals surface area contributed by atoms with Crippen molar-refractivity contribution < 1.29 is 19.2 Å². The quantitative estimate of drug-likeness (QED) is 0.633. The highest BCUT2D eigenvalue weighted by atomic mass is 31.2. The Bertz CT molecular complexity index is 608. The van der Waals surface area contributed by atoms with Gasteiger partial charge in [-0.2, -0.15) is 0 Å². The van der Waals surface area contributed by atoms with Crippen molar-refractivity contribution in [2.24, 2.45) is 5.92 Å². The molecule has 3 aliphatic rings. The van der Waals surface area contributed by atoms with Crippen LogP contribution in [0, 0.1) is 5.92 Å². The molecule has 3 N–H and O–H groups in total. The lowest BCUT2D eigenvalue weighted by atomic mass is 9.52. The van der Waals surface area contributed by atoms with Gasteiger partial charge in [0.05, 0.1) is 0 Å². The van der Waals surface area contributed by atoms with Crippen molar-refractivity contribution in [3.63, 3.8) is 0 Å². The van der Waals surface area contributed by atoms with Crippen LogP contribution in [0.15, 0.2) is 24.3 Å². The predicted octanol–water partition coefficient (Wildman–Crippen LogP) is 2.45. The third kappa shape index (κ3) is 3.40. The molecule has 2 fully saturated rings. The van der Waals surface area contributed by atoms with Gasteiger partial charge in [0.1, 0.15) is 0 Å². The van der Waals surface area contributed by atoms with E-state index in [0.29, 0.717) is 5.41 Å². The summed E-state index contributed by atoms with van der Waals surface area (Å²) in [5.41, 5.74) is 3.91. The van der Waals surface area contributed by atoms with Crippen LogP contribution < -0.4 is 0 Å². The number of hydrogen-bond donors (Lipinski definition) is 3. The highest BCUT2D eigenvalue weighted by Crippen LogP contribution is 2.55. The number of benzene rings is 1. The van der Waals surface area contributed by atoms with Crippen molar-refractivity contribution in [2.75, 3.05) is 13.6 Å². The lowest BCUT2D eigenvalue weighted by molar-refractivity contribution is 0.00286. The van der Waals surface area contributed by atoms with Gasteiger partial charge >= 0.3 is 7.82 Å². The Morgan fingerprint density at radius 1 is 1.17 bits per heavy atom. The van der Waals surface area contributed by atoms with E-state index < -0.39 is 7.82 Å². The van der Waals surface area contributed by atoms with Crippen LogP contribution in [0.25, 0.3) is 0 Å². The normalized spacial score (nSPS) is 33.0. The van der Waals surface area contributed by atoms with Crippen LogP contribution >= 0.6 is 7.82 Å². The maximum atomic E-state index is 8.88. The molecular formula is C17H26NO4P. The summed E-state index contributed by atoms with van der Waals surface area (Å²) in [5.74, 6) is 0.930. The molecule has 1 saturated carbocycles. The minimum Gasteiger partial charge on any atom is -0.303 e. The van der Waals surface area contributed by atoms with Gasteiger partial charge in [-0.15, -0.1) is 0 Å². The Morgan fingerprint density at radius 2 is 1.87 bits per heavy atom. The first-order valence-corrected chi connectivity index (χ1v) is 9.95. The van der Waals surface area contributed by atoms with E-state index in [2.05, 4.69) is 36.2 Å². The van der Waals surface area contributed by atoms with E-state index in [1.54, 1.807) is 11.1 Å². The van der Waals surface area contributed by atoms with Crippen molar-refractivity contribution in [1.82, 2.24) is 4.90 Å². The SMILES string of the molecule is CN1CC[C@]23CCCC[C@H]2[C@@H]1Cc1ccccc13.O=P(O)(O)O. The van der Waals surface area contributed by atoms with Crippen LogP contribution in [-0.2, 0) is 16.4 Å². The fourth-order valence-electron chi connectivity index (χ4n) is 5.16. The van der Waals surface area contributed by atoms with E-state index in [-0.39, 0.29) is 0 Å². The highest BCUT2D eigenvalue weighted by Gasteiger charge is 2.52. The summed E-state index contributed by atoms with van der Waals surface area (Å²) in [6, 6.07) is 10.1. The molecule has 1 saturated heterocycles. The second-order valence-corrected chi connectivity index (χ2v) is 8.21. The molecule has 1 aromatic carbocycles. The minimum absolute atomic E-state index is 0.546. The fraction of sp³-hybridized carbons (Fsp3) is 0.647. The lowest BCUT2D eigenvalue weighted by Crippen LogP contribution is -2.59. The molecule has 0 unspecified atom stereocenters. The number of fused-ring (bicyclic) bond motifs is 1. The zero-order chi connectivity index (χ0) is 16.7. The molecule has 0 spiro atoms. The molecule has 3 atom stereocenters. The smallest absolute Gasteiger partial charge is 0.303 e. The van der Waals surface area contributed by atoms with E-state index >= 15 is 0 Å². The Morgan fingerprint density at radius 3 is 2.61 bits per heavy atom. The molecule has 2 bridgehead atoms. The van der Waals surface area contributed by atoms with Crippen LogP contribution in [-0.4, -0.2) is 39.2 Å². The second kappa shape index (κ2) is 6.30. The number of piperidine rings is 1. The summed E-state index contributed by atoms with van der Waals surface area (Å²) in [7, 11) is -2.29. The van der Waals surface area contributed by atoms with Crippen molar-refractivity contribution in [2.45, 2.75) is 50.0 Å². The Balaban J connectivity index is 0.000000276. The molecule has 0 radical (unpaired) electrons. The summed E-state index contributed by atoms with van der Waals surface area (Å²) < 4.78 is 8.88. The van der Waals surface area contributed by atoms with Gasteiger partial charge in [0.2, 0.25) is 0 Å². The average Bonchev–Trinajstić information content (AvgIpc) is 2.49. The van der Waals surface area contributed by atoms with E-state index in [1.165, 1.54) is 45.1 Å². The average molecular weight is 339 g/mol. The standard InChI is InChI=1S/C17H23N.H3O4P/c1-18-11-10-17-9-5-4-8-15(17)16(18)12-13-6-2-3-7-14(13)17;1-5(2,3)4/h2-3,6-7,15-16H,4-5,8-12H2,1H3;(H3,1,2,3,4)/t15-,16-,17-;/m0./s1. The maximum absolute atomic E-state index is 8.88. The molecule has 2 aliphatic carbocycles. The number of rotatable bonds is 0. The summed E-state index contributed by atoms with van der Waals surface area (Å²) >= 11 is 0. The largest absolute Gasteiger partial charge is 0.466 e. The van der Waals surface area contributed by atoms with Gasteiger partial charge in [0.15, 0.2) is 0 Å². The molecule has 1 aliphatic heterocycles. The van der Waals surface area contributed by atoms with Crippen molar-refractivity contribution in [3.05, 3.63) is 35.4 Å². The molecule has 0 amide bonds. The van der Waals surface area contributed by atoms with Gasteiger partial charge in [0, 0.05) is 11.5 Å². The number of nitrogens with zero attached hydrogens (tertiary/aromatic N) is 1. The zero-order valence-electron chi connectivity index (χ0n) is 13.6. The van der Waals surface area contributed by atoms with E-state index in [1.807, 2.05) is 0 Å². The molecule has 23 heavy (non-hydrogen) atoms. The topological polar surface area (TPSA) is 81.0 Å². The fourth-order valence-corrected chi connectivity index (χ4v) is 5.16. The third-order valence-corrected chi connectivity index (χ3v) is 6.02. The first-order chi connectivity index (χ1) is 10.8. The van der Waals surface area contributed by atoms with Crippen LogP contribution in [0.2, 0.25) is 0 Å². The van der Waals surface area contributed by atoms with Crippen molar-refractivity contribution >= 4 is 7.82 Å². The van der Waals surface area contributed by atoms with Gasteiger partial charge < -0.3 is 19.6 Å². The molecule has 0 aromatic heterocycles. The van der Waals surface area contributed by atoms with Crippen LogP contribution in [0.1, 0.15) is 43.2 Å². The van der Waals surface area contributed by atoms with Crippen molar-refractivity contribution in [3.8, 4) is 0 Å². The van der Waals surface area contributed by atoms with Crippen LogP contribution in [0.3, 0.4) is 0 Å². The number of likely N-dealkylation sites (N-methyl/N-ethyl adjacent to an activating group) is 1. The number of phosphoric acid groups is 1. The first kappa shape index (κ1) is 17.1. The van der Waals surface area contributed by atoms with E-state index in [4.69, 9.17) is 19.2 Å². The van der Waals surface area contributed by atoms with Gasteiger partial charge in [-0.25, -0.2) is 4.57 Å². The Hall–Kier alpha value is -0.710. The van der Waals surface area contributed by atoms with E-state index in [9.17, 15) is 0 Å². The predicted molar refractivity (Wildman–Crippen MR) is 89.1 cm³/mol. The van der Waals surface area contributed by atoms with Crippen LogP contribution in [0.5, 0.6) is 0 Å². The lowest BCUT2D eigenvalue weighted by Gasteiger charge is -2.58. The second-order valence-electron chi connectivity index (χ2n) is 7.18. The zero-order valence-corrected chi connectivity index (χ0v) is 14.5. The minimum atomic E-state index is -4.64. The summed E-state index contributed by atoms with van der Waals surface area (Å²) in [6.45, 7) is 1.30.